The Morgan fingerprint density at radius 2 is 1.85 bits per heavy atom. The van der Waals surface area contributed by atoms with E-state index in [1.54, 1.807) is 20.4 Å². The second-order valence-electron chi connectivity index (χ2n) is 4.86. The first-order valence-electron chi connectivity index (χ1n) is 6.70. The van der Waals surface area contributed by atoms with Gasteiger partial charge >= 0.3 is 0 Å². The zero-order chi connectivity index (χ0) is 13.9. The van der Waals surface area contributed by atoms with Crippen molar-refractivity contribution in [1.82, 2.24) is 4.98 Å². The SMILES string of the molecule is COc1cc2c(cc1OC)CN(c1cccnc1)CC2. The minimum absolute atomic E-state index is 0.791. The van der Waals surface area contributed by atoms with Crippen molar-refractivity contribution in [2.45, 2.75) is 13.0 Å². The summed E-state index contributed by atoms with van der Waals surface area (Å²) in [5, 5.41) is 0. The Hall–Kier alpha value is -2.23. The summed E-state index contributed by atoms with van der Waals surface area (Å²) in [6, 6.07) is 8.24. The van der Waals surface area contributed by atoms with Gasteiger partial charge in [0.2, 0.25) is 0 Å². The summed E-state index contributed by atoms with van der Waals surface area (Å²) in [5.74, 6) is 1.60. The highest BCUT2D eigenvalue weighted by Crippen LogP contribution is 2.34. The van der Waals surface area contributed by atoms with Crippen LogP contribution in [-0.2, 0) is 13.0 Å². The number of ether oxygens (including phenoxy) is 2. The highest BCUT2D eigenvalue weighted by atomic mass is 16.5. The lowest BCUT2D eigenvalue weighted by atomic mass is 9.98. The van der Waals surface area contributed by atoms with Gasteiger partial charge in [-0.15, -0.1) is 0 Å². The summed E-state index contributed by atoms with van der Waals surface area (Å²) in [6.07, 6.45) is 4.71. The Bertz CT molecular complexity index is 599. The summed E-state index contributed by atoms with van der Waals surface area (Å²) < 4.78 is 10.8. The zero-order valence-corrected chi connectivity index (χ0v) is 11.8. The normalized spacial score (nSPS) is 13.8. The number of anilines is 1. The van der Waals surface area contributed by atoms with Crippen LogP contribution in [0, 0.1) is 0 Å². The highest BCUT2D eigenvalue weighted by Gasteiger charge is 2.19. The standard InChI is InChI=1S/C16H18N2O2/c1-19-15-8-12-5-7-18(14-4-3-6-17-10-14)11-13(12)9-16(15)20-2/h3-4,6,8-10H,5,7,11H2,1-2H3. The molecule has 0 spiro atoms. The Balaban J connectivity index is 1.91. The van der Waals surface area contributed by atoms with Crippen LogP contribution in [0.4, 0.5) is 5.69 Å². The first-order valence-corrected chi connectivity index (χ1v) is 6.70. The number of hydrogen-bond donors (Lipinski definition) is 0. The first-order chi connectivity index (χ1) is 9.81. The van der Waals surface area contributed by atoms with E-state index in [-0.39, 0.29) is 0 Å². The molecule has 0 saturated heterocycles. The fraction of sp³-hybridized carbons (Fsp3) is 0.312. The topological polar surface area (TPSA) is 34.6 Å². The van der Waals surface area contributed by atoms with Gasteiger partial charge in [-0.3, -0.25) is 4.98 Å². The van der Waals surface area contributed by atoms with Crippen molar-refractivity contribution in [2.75, 3.05) is 25.7 Å². The number of aromatic nitrogens is 1. The van der Waals surface area contributed by atoms with E-state index < -0.39 is 0 Å². The molecule has 0 unspecified atom stereocenters. The van der Waals surface area contributed by atoms with Crippen molar-refractivity contribution in [3.05, 3.63) is 47.8 Å². The molecule has 1 aromatic carbocycles. The fourth-order valence-corrected chi connectivity index (χ4v) is 2.64. The summed E-state index contributed by atoms with van der Waals surface area (Å²) in [4.78, 5) is 6.53. The molecule has 4 heteroatoms. The number of pyridine rings is 1. The third-order valence-corrected chi connectivity index (χ3v) is 3.73. The van der Waals surface area contributed by atoms with E-state index >= 15 is 0 Å². The van der Waals surface area contributed by atoms with E-state index in [1.165, 1.54) is 11.1 Å². The second kappa shape index (κ2) is 5.41. The highest BCUT2D eigenvalue weighted by molar-refractivity contribution is 5.53. The molecule has 3 rings (SSSR count). The van der Waals surface area contributed by atoms with E-state index in [4.69, 9.17) is 9.47 Å². The maximum Gasteiger partial charge on any atom is 0.161 e. The molecule has 104 valence electrons. The van der Waals surface area contributed by atoms with E-state index in [0.29, 0.717) is 0 Å². The molecular formula is C16H18N2O2. The minimum atomic E-state index is 0.791. The number of benzene rings is 1. The van der Waals surface area contributed by atoms with Gasteiger partial charge in [-0.1, -0.05) is 0 Å². The lowest BCUT2D eigenvalue weighted by Gasteiger charge is -2.31. The summed E-state index contributed by atoms with van der Waals surface area (Å²) in [6.45, 7) is 1.87. The number of nitrogens with zero attached hydrogens (tertiary/aromatic N) is 2. The van der Waals surface area contributed by atoms with E-state index in [9.17, 15) is 0 Å². The summed E-state index contributed by atoms with van der Waals surface area (Å²) >= 11 is 0. The van der Waals surface area contributed by atoms with Gasteiger partial charge < -0.3 is 14.4 Å². The van der Waals surface area contributed by atoms with Crippen LogP contribution in [-0.4, -0.2) is 25.7 Å². The molecule has 0 aliphatic carbocycles. The quantitative estimate of drug-likeness (QED) is 0.859. The van der Waals surface area contributed by atoms with Gasteiger partial charge in [0.1, 0.15) is 0 Å². The van der Waals surface area contributed by atoms with Crippen molar-refractivity contribution in [2.24, 2.45) is 0 Å². The van der Waals surface area contributed by atoms with Gasteiger partial charge in [0, 0.05) is 19.3 Å². The molecule has 0 radical (unpaired) electrons. The monoisotopic (exact) mass is 270 g/mol. The fourth-order valence-electron chi connectivity index (χ4n) is 2.64. The van der Waals surface area contributed by atoms with E-state index in [0.717, 1.165) is 36.7 Å². The molecule has 2 heterocycles. The van der Waals surface area contributed by atoms with Crippen LogP contribution in [0.2, 0.25) is 0 Å². The lowest BCUT2D eigenvalue weighted by Crippen LogP contribution is -2.30. The van der Waals surface area contributed by atoms with Crippen molar-refractivity contribution in [3.63, 3.8) is 0 Å². The zero-order valence-electron chi connectivity index (χ0n) is 11.8. The Morgan fingerprint density at radius 3 is 2.50 bits per heavy atom. The number of rotatable bonds is 3. The predicted molar refractivity (Wildman–Crippen MR) is 78.5 cm³/mol. The third-order valence-electron chi connectivity index (χ3n) is 3.73. The first kappa shape index (κ1) is 12.8. The van der Waals surface area contributed by atoms with Crippen molar-refractivity contribution in [1.29, 1.82) is 0 Å². The van der Waals surface area contributed by atoms with Crippen molar-refractivity contribution < 1.29 is 9.47 Å². The lowest BCUT2D eigenvalue weighted by molar-refractivity contribution is 0.353. The van der Waals surface area contributed by atoms with E-state index in [1.807, 2.05) is 12.3 Å². The molecule has 0 saturated carbocycles. The van der Waals surface area contributed by atoms with Gasteiger partial charge in [0.05, 0.1) is 26.1 Å². The van der Waals surface area contributed by atoms with E-state index in [2.05, 4.69) is 28.1 Å². The average molecular weight is 270 g/mol. The third kappa shape index (κ3) is 2.29. The van der Waals surface area contributed by atoms with Gasteiger partial charge in [0.15, 0.2) is 11.5 Å². The van der Waals surface area contributed by atoms with Crippen LogP contribution < -0.4 is 14.4 Å². The predicted octanol–water partition coefficient (Wildman–Crippen LogP) is 2.66. The Labute approximate surface area is 119 Å². The maximum absolute atomic E-state index is 5.39. The second-order valence-corrected chi connectivity index (χ2v) is 4.86. The molecular weight excluding hydrogens is 252 g/mol. The number of hydrogen-bond acceptors (Lipinski definition) is 4. The number of methoxy groups -OCH3 is 2. The molecule has 1 aromatic heterocycles. The maximum atomic E-state index is 5.39. The van der Waals surface area contributed by atoms with Crippen LogP contribution in [0.25, 0.3) is 0 Å². The molecule has 2 aromatic rings. The molecule has 4 nitrogen and oxygen atoms in total. The van der Waals surface area contributed by atoms with Crippen molar-refractivity contribution >= 4 is 5.69 Å². The van der Waals surface area contributed by atoms with Crippen molar-refractivity contribution in [3.8, 4) is 11.5 Å². The van der Waals surface area contributed by atoms with Gasteiger partial charge in [-0.25, -0.2) is 0 Å². The Morgan fingerprint density at radius 1 is 1.10 bits per heavy atom. The molecule has 0 bridgehead atoms. The van der Waals surface area contributed by atoms with Gasteiger partial charge in [0.25, 0.3) is 0 Å². The molecule has 1 aliphatic heterocycles. The summed E-state index contributed by atoms with van der Waals surface area (Å²) in [5.41, 5.74) is 3.79. The van der Waals surface area contributed by atoms with Gasteiger partial charge in [-0.05, 0) is 41.8 Å². The minimum Gasteiger partial charge on any atom is -0.493 e. The molecule has 0 amide bonds. The molecule has 1 aliphatic rings. The smallest absolute Gasteiger partial charge is 0.161 e. The molecule has 0 fully saturated rings. The number of fused-ring (bicyclic) bond motifs is 1. The van der Waals surface area contributed by atoms with Crippen LogP contribution in [0.1, 0.15) is 11.1 Å². The summed E-state index contributed by atoms with van der Waals surface area (Å²) in [7, 11) is 3.35. The van der Waals surface area contributed by atoms with Crippen LogP contribution in [0.5, 0.6) is 11.5 Å². The average Bonchev–Trinajstić information content (AvgIpc) is 2.53. The van der Waals surface area contributed by atoms with Crippen LogP contribution in [0.3, 0.4) is 0 Å². The Kier molecular flexibility index (Phi) is 3.46. The molecule has 0 atom stereocenters. The van der Waals surface area contributed by atoms with Gasteiger partial charge in [-0.2, -0.15) is 0 Å². The largest absolute Gasteiger partial charge is 0.493 e. The van der Waals surface area contributed by atoms with Crippen LogP contribution in [0.15, 0.2) is 36.7 Å². The molecule has 20 heavy (non-hydrogen) atoms. The van der Waals surface area contributed by atoms with Crippen LogP contribution >= 0.6 is 0 Å². The molecule has 0 N–H and O–H groups in total.